The molecule has 1 aliphatic rings. The van der Waals surface area contributed by atoms with Gasteiger partial charge in [0.15, 0.2) is 0 Å². The van der Waals surface area contributed by atoms with Gasteiger partial charge in [0.05, 0.1) is 17.5 Å². The fraction of sp³-hybridized carbons (Fsp3) is 0.421. The minimum Gasteiger partial charge on any atom is -0.369 e. The van der Waals surface area contributed by atoms with E-state index in [-0.39, 0.29) is 48.6 Å². The van der Waals surface area contributed by atoms with Gasteiger partial charge in [-0.3, -0.25) is 19.2 Å². The zero-order chi connectivity index (χ0) is 20.1. The number of carbonyl (C=O) groups is 3. The van der Waals surface area contributed by atoms with Crippen LogP contribution in [0.3, 0.4) is 0 Å². The standard InChI is InChI=1S/C19H23N5O4/c20-18(27)12-6-9-24(10-7-12)17(26)5-8-21-16(25)11-15-13-3-1-2-4-14(13)19(28)23-22-15/h1-4,12H,5-11H2,(H2,20,27)(H,21,25)(H,23,28). The number of piperidine rings is 1. The van der Waals surface area contributed by atoms with Crippen LogP contribution in [0, 0.1) is 5.92 Å². The summed E-state index contributed by atoms with van der Waals surface area (Å²) < 4.78 is 0. The maximum atomic E-state index is 12.2. The molecule has 3 amide bonds. The van der Waals surface area contributed by atoms with Crippen LogP contribution in [0.1, 0.15) is 25.0 Å². The zero-order valence-corrected chi connectivity index (χ0v) is 15.4. The first-order valence-electron chi connectivity index (χ1n) is 9.26. The van der Waals surface area contributed by atoms with E-state index in [4.69, 9.17) is 5.73 Å². The molecule has 1 aliphatic heterocycles. The summed E-state index contributed by atoms with van der Waals surface area (Å²) >= 11 is 0. The molecule has 0 atom stereocenters. The zero-order valence-electron chi connectivity index (χ0n) is 15.4. The van der Waals surface area contributed by atoms with Gasteiger partial charge in [0.25, 0.3) is 5.56 Å². The van der Waals surface area contributed by atoms with Gasteiger partial charge >= 0.3 is 0 Å². The second-order valence-electron chi connectivity index (χ2n) is 6.88. The van der Waals surface area contributed by atoms with Crippen molar-refractivity contribution >= 4 is 28.5 Å². The Morgan fingerprint density at radius 1 is 1.18 bits per heavy atom. The number of carbonyl (C=O) groups excluding carboxylic acids is 3. The molecule has 148 valence electrons. The molecule has 2 heterocycles. The number of aromatic nitrogens is 2. The molecule has 0 spiro atoms. The highest BCUT2D eigenvalue weighted by Crippen LogP contribution is 2.17. The lowest BCUT2D eigenvalue weighted by molar-refractivity contribution is -0.134. The lowest BCUT2D eigenvalue weighted by Crippen LogP contribution is -2.42. The lowest BCUT2D eigenvalue weighted by atomic mass is 9.96. The van der Waals surface area contributed by atoms with Gasteiger partial charge in [-0.15, -0.1) is 0 Å². The third-order valence-corrected chi connectivity index (χ3v) is 5.01. The van der Waals surface area contributed by atoms with Crippen LogP contribution in [0.15, 0.2) is 29.1 Å². The predicted octanol–water partition coefficient (Wildman–Crippen LogP) is -0.304. The number of nitrogens with two attached hydrogens (primary N) is 1. The number of H-pyrrole nitrogens is 1. The number of rotatable bonds is 6. The Kier molecular flexibility index (Phi) is 6.03. The number of hydrogen-bond acceptors (Lipinski definition) is 5. The van der Waals surface area contributed by atoms with E-state index in [1.54, 1.807) is 29.2 Å². The summed E-state index contributed by atoms with van der Waals surface area (Å²) in [6.07, 6.45) is 1.36. The molecule has 0 radical (unpaired) electrons. The summed E-state index contributed by atoms with van der Waals surface area (Å²) in [6, 6.07) is 6.96. The minimum atomic E-state index is -0.317. The van der Waals surface area contributed by atoms with E-state index >= 15 is 0 Å². The molecule has 2 aromatic rings. The SMILES string of the molecule is NC(=O)C1CCN(C(=O)CCNC(=O)Cc2n[nH]c(=O)c3ccccc23)CC1. The van der Waals surface area contributed by atoms with Crippen LogP contribution in [0.2, 0.25) is 0 Å². The van der Waals surface area contributed by atoms with Gasteiger partial charge < -0.3 is 16.0 Å². The quantitative estimate of drug-likeness (QED) is 0.626. The van der Waals surface area contributed by atoms with E-state index in [1.165, 1.54) is 0 Å². The van der Waals surface area contributed by atoms with Gasteiger partial charge in [0.2, 0.25) is 17.7 Å². The predicted molar refractivity (Wildman–Crippen MR) is 102 cm³/mol. The highest BCUT2D eigenvalue weighted by atomic mass is 16.2. The van der Waals surface area contributed by atoms with Crippen molar-refractivity contribution in [3.05, 3.63) is 40.3 Å². The molecule has 1 aromatic heterocycles. The van der Waals surface area contributed by atoms with Gasteiger partial charge in [-0.25, -0.2) is 5.10 Å². The van der Waals surface area contributed by atoms with Crippen molar-refractivity contribution in [1.82, 2.24) is 20.4 Å². The first kappa shape index (κ1) is 19.5. The van der Waals surface area contributed by atoms with Gasteiger partial charge in [0, 0.05) is 37.4 Å². The number of likely N-dealkylation sites (tertiary alicyclic amines) is 1. The summed E-state index contributed by atoms with van der Waals surface area (Å²) in [6.45, 7) is 1.23. The molecular weight excluding hydrogens is 362 g/mol. The Hall–Kier alpha value is -3.23. The molecule has 1 aromatic carbocycles. The number of amides is 3. The van der Waals surface area contributed by atoms with Crippen molar-refractivity contribution in [3.8, 4) is 0 Å². The molecule has 0 saturated carbocycles. The maximum absolute atomic E-state index is 12.2. The highest BCUT2D eigenvalue weighted by Gasteiger charge is 2.25. The lowest BCUT2D eigenvalue weighted by Gasteiger charge is -2.30. The van der Waals surface area contributed by atoms with E-state index in [2.05, 4.69) is 15.5 Å². The van der Waals surface area contributed by atoms with Gasteiger partial charge in [-0.05, 0) is 18.9 Å². The molecule has 0 bridgehead atoms. The number of aromatic amines is 1. The minimum absolute atomic E-state index is 0.00941. The monoisotopic (exact) mass is 385 g/mol. The van der Waals surface area contributed by atoms with Crippen molar-refractivity contribution < 1.29 is 14.4 Å². The molecule has 1 saturated heterocycles. The number of nitrogens with zero attached hydrogens (tertiary/aromatic N) is 2. The fourth-order valence-corrected chi connectivity index (χ4v) is 3.40. The number of hydrogen-bond donors (Lipinski definition) is 3. The van der Waals surface area contributed by atoms with Crippen LogP contribution in [0.25, 0.3) is 10.8 Å². The summed E-state index contributed by atoms with van der Waals surface area (Å²) in [5, 5.41) is 10.2. The van der Waals surface area contributed by atoms with Crippen LogP contribution >= 0.6 is 0 Å². The average molecular weight is 385 g/mol. The molecule has 9 heteroatoms. The van der Waals surface area contributed by atoms with Crippen molar-refractivity contribution in [2.75, 3.05) is 19.6 Å². The van der Waals surface area contributed by atoms with Gasteiger partial charge in [-0.2, -0.15) is 5.10 Å². The summed E-state index contributed by atoms with van der Waals surface area (Å²) in [7, 11) is 0. The Bertz CT molecular complexity index is 947. The van der Waals surface area contributed by atoms with Crippen LogP contribution < -0.4 is 16.6 Å². The van der Waals surface area contributed by atoms with E-state index in [0.717, 1.165) is 0 Å². The molecular formula is C19H23N5O4. The summed E-state index contributed by atoms with van der Waals surface area (Å²) in [5.41, 5.74) is 5.47. The molecule has 1 fully saturated rings. The van der Waals surface area contributed by atoms with Crippen LogP contribution in [-0.4, -0.2) is 52.5 Å². The molecule has 0 unspecified atom stereocenters. The first-order valence-corrected chi connectivity index (χ1v) is 9.26. The van der Waals surface area contributed by atoms with E-state index in [9.17, 15) is 19.2 Å². The maximum Gasteiger partial charge on any atom is 0.272 e. The van der Waals surface area contributed by atoms with E-state index in [0.29, 0.717) is 42.4 Å². The molecule has 28 heavy (non-hydrogen) atoms. The summed E-state index contributed by atoms with van der Waals surface area (Å²) in [5.74, 6) is -0.813. The second kappa shape index (κ2) is 8.64. The molecule has 4 N–H and O–H groups in total. The summed E-state index contributed by atoms with van der Waals surface area (Å²) in [4.78, 5) is 49.1. The van der Waals surface area contributed by atoms with Crippen molar-refractivity contribution in [3.63, 3.8) is 0 Å². The van der Waals surface area contributed by atoms with Crippen LogP contribution in [0.4, 0.5) is 0 Å². The third-order valence-electron chi connectivity index (χ3n) is 5.01. The molecule has 0 aliphatic carbocycles. The van der Waals surface area contributed by atoms with Gasteiger partial charge in [0.1, 0.15) is 0 Å². The van der Waals surface area contributed by atoms with Gasteiger partial charge in [-0.1, -0.05) is 18.2 Å². The number of nitrogens with one attached hydrogen (secondary N) is 2. The Balaban J connectivity index is 1.48. The van der Waals surface area contributed by atoms with Crippen molar-refractivity contribution in [2.45, 2.75) is 25.7 Å². The Morgan fingerprint density at radius 3 is 2.54 bits per heavy atom. The normalized spacial score (nSPS) is 14.8. The fourth-order valence-electron chi connectivity index (χ4n) is 3.40. The molecule has 9 nitrogen and oxygen atoms in total. The topological polar surface area (TPSA) is 138 Å². The Morgan fingerprint density at radius 2 is 1.86 bits per heavy atom. The number of benzene rings is 1. The average Bonchev–Trinajstić information content (AvgIpc) is 2.70. The smallest absolute Gasteiger partial charge is 0.272 e. The van der Waals surface area contributed by atoms with Crippen LogP contribution in [0.5, 0.6) is 0 Å². The number of primary amides is 1. The Labute approximate surface area is 161 Å². The van der Waals surface area contributed by atoms with Crippen molar-refractivity contribution in [1.29, 1.82) is 0 Å². The molecule has 3 rings (SSSR count). The third kappa shape index (κ3) is 4.54. The van der Waals surface area contributed by atoms with E-state index < -0.39 is 0 Å². The van der Waals surface area contributed by atoms with E-state index in [1.807, 2.05) is 0 Å². The largest absolute Gasteiger partial charge is 0.369 e. The van der Waals surface area contributed by atoms with Crippen molar-refractivity contribution in [2.24, 2.45) is 11.7 Å². The first-order chi connectivity index (χ1) is 13.5. The highest BCUT2D eigenvalue weighted by molar-refractivity contribution is 5.88. The second-order valence-corrected chi connectivity index (χ2v) is 6.88. The van der Waals surface area contributed by atoms with Crippen LogP contribution in [-0.2, 0) is 20.8 Å². The number of fused-ring (bicyclic) bond motifs is 1.